The van der Waals surface area contributed by atoms with Crippen LogP contribution in [0.1, 0.15) is 31.2 Å². The van der Waals surface area contributed by atoms with Gasteiger partial charge < -0.3 is 15.6 Å². The Balaban J connectivity index is 2.46. The second kappa shape index (κ2) is 4.34. The monoisotopic (exact) mass is 221 g/mol. The van der Waals surface area contributed by atoms with E-state index >= 15 is 0 Å². The topological polar surface area (TPSA) is 55.5 Å². The fourth-order valence-corrected chi connectivity index (χ4v) is 2.75. The van der Waals surface area contributed by atoms with Gasteiger partial charge in [0.25, 0.3) is 0 Å². The highest BCUT2D eigenvalue weighted by molar-refractivity contribution is 5.49. The van der Waals surface area contributed by atoms with Crippen LogP contribution in [0, 0.1) is 0 Å². The normalized spacial score (nSPS) is 18.6. The van der Waals surface area contributed by atoms with Crippen LogP contribution in [0.25, 0.3) is 0 Å². The molecule has 16 heavy (non-hydrogen) atoms. The van der Waals surface area contributed by atoms with Gasteiger partial charge in [0.05, 0.1) is 7.11 Å². The number of hydrogen-bond donors (Lipinski definition) is 2. The zero-order valence-corrected chi connectivity index (χ0v) is 9.70. The van der Waals surface area contributed by atoms with Gasteiger partial charge in [-0.15, -0.1) is 0 Å². The summed E-state index contributed by atoms with van der Waals surface area (Å²) < 4.78 is 5.14. The van der Waals surface area contributed by atoms with Crippen molar-refractivity contribution in [3.8, 4) is 11.5 Å². The third-order valence-corrected chi connectivity index (χ3v) is 3.74. The lowest BCUT2D eigenvalue weighted by Crippen LogP contribution is -2.32. The molecule has 3 N–H and O–H groups in total. The average Bonchev–Trinajstić information content (AvgIpc) is 2.79. The second-order valence-corrected chi connectivity index (χ2v) is 4.55. The fourth-order valence-electron chi connectivity index (χ4n) is 2.75. The van der Waals surface area contributed by atoms with Gasteiger partial charge in [-0.1, -0.05) is 25.0 Å². The summed E-state index contributed by atoms with van der Waals surface area (Å²) in [7, 11) is 1.57. The third kappa shape index (κ3) is 1.65. The van der Waals surface area contributed by atoms with Crippen LogP contribution in [-0.4, -0.2) is 18.8 Å². The molecule has 1 aromatic carbocycles. The molecule has 88 valence electrons. The molecule has 2 rings (SSSR count). The molecular weight excluding hydrogens is 202 g/mol. The number of nitrogens with two attached hydrogens (primary N) is 1. The van der Waals surface area contributed by atoms with E-state index in [-0.39, 0.29) is 11.2 Å². The maximum Gasteiger partial charge on any atom is 0.161 e. The van der Waals surface area contributed by atoms with Crippen LogP contribution < -0.4 is 10.5 Å². The number of hydrogen-bond acceptors (Lipinski definition) is 3. The number of aromatic hydroxyl groups is 1. The summed E-state index contributed by atoms with van der Waals surface area (Å²) in [4.78, 5) is 0. The number of rotatable bonds is 3. The molecule has 1 aromatic rings. The van der Waals surface area contributed by atoms with E-state index < -0.39 is 0 Å². The number of phenolic OH excluding ortho intramolecular Hbond substituents is 1. The lowest BCUT2D eigenvalue weighted by Gasteiger charge is -2.29. The minimum atomic E-state index is -0.0430. The summed E-state index contributed by atoms with van der Waals surface area (Å²) in [6.07, 6.45) is 4.50. The van der Waals surface area contributed by atoms with Gasteiger partial charge in [0, 0.05) is 17.5 Å². The highest BCUT2D eigenvalue weighted by atomic mass is 16.5. The highest BCUT2D eigenvalue weighted by Gasteiger charge is 2.36. The molecule has 3 nitrogen and oxygen atoms in total. The smallest absolute Gasteiger partial charge is 0.161 e. The van der Waals surface area contributed by atoms with Crippen LogP contribution in [-0.2, 0) is 5.41 Å². The Morgan fingerprint density at radius 3 is 2.62 bits per heavy atom. The Hall–Kier alpha value is -1.22. The summed E-state index contributed by atoms with van der Waals surface area (Å²) >= 11 is 0. The Morgan fingerprint density at radius 1 is 1.38 bits per heavy atom. The number of methoxy groups -OCH3 is 1. The van der Waals surface area contributed by atoms with Crippen molar-refractivity contribution < 1.29 is 9.84 Å². The molecule has 0 spiro atoms. The largest absolute Gasteiger partial charge is 0.504 e. The van der Waals surface area contributed by atoms with Crippen molar-refractivity contribution in [3.05, 3.63) is 23.8 Å². The van der Waals surface area contributed by atoms with Crippen LogP contribution in [0.2, 0.25) is 0 Å². The van der Waals surface area contributed by atoms with E-state index in [0.29, 0.717) is 12.3 Å². The summed E-state index contributed by atoms with van der Waals surface area (Å²) in [5, 5.41) is 10.2. The van der Waals surface area contributed by atoms with Crippen molar-refractivity contribution in [1.29, 1.82) is 0 Å². The van der Waals surface area contributed by atoms with E-state index in [9.17, 15) is 5.11 Å². The first-order chi connectivity index (χ1) is 7.73. The van der Waals surface area contributed by atoms with Crippen molar-refractivity contribution in [1.82, 2.24) is 0 Å². The maximum absolute atomic E-state index is 10.2. The van der Waals surface area contributed by atoms with Crippen LogP contribution in [0.15, 0.2) is 18.2 Å². The van der Waals surface area contributed by atoms with E-state index in [1.165, 1.54) is 12.8 Å². The number of ether oxygens (including phenoxy) is 1. The molecule has 0 saturated heterocycles. The fraction of sp³-hybridized carbons (Fsp3) is 0.538. The Labute approximate surface area is 96.2 Å². The standard InChI is InChI=1S/C13H19NO2/c1-16-11-6-4-5-10(12(11)15)13(9-14)7-2-3-8-13/h4-6,15H,2-3,7-9,14H2,1H3. The van der Waals surface area contributed by atoms with Gasteiger partial charge in [-0.05, 0) is 18.9 Å². The van der Waals surface area contributed by atoms with Crippen molar-refractivity contribution >= 4 is 0 Å². The Morgan fingerprint density at radius 2 is 2.06 bits per heavy atom. The molecule has 1 fully saturated rings. The molecule has 1 aliphatic carbocycles. The van der Waals surface area contributed by atoms with E-state index in [0.717, 1.165) is 18.4 Å². The van der Waals surface area contributed by atoms with Crippen LogP contribution in [0.4, 0.5) is 0 Å². The van der Waals surface area contributed by atoms with Gasteiger partial charge in [0.2, 0.25) is 0 Å². The van der Waals surface area contributed by atoms with Crippen LogP contribution >= 0.6 is 0 Å². The minimum Gasteiger partial charge on any atom is -0.504 e. The summed E-state index contributed by atoms with van der Waals surface area (Å²) in [6, 6.07) is 5.66. The SMILES string of the molecule is COc1cccc(C2(CN)CCCC2)c1O. The molecule has 0 radical (unpaired) electrons. The maximum atomic E-state index is 10.2. The predicted molar refractivity (Wildman–Crippen MR) is 63.9 cm³/mol. The van der Waals surface area contributed by atoms with Crippen LogP contribution in [0.5, 0.6) is 11.5 Å². The van der Waals surface area contributed by atoms with E-state index in [4.69, 9.17) is 10.5 Å². The third-order valence-electron chi connectivity index (χ3n) is 3.74. The summed E-state index contributed by atoms with van der Waals surface area (Å²) in [6.45, 7) is 0.591. The van der Waals surface area contributed by atoms with Crippen molar-refractivity contribution in [2.24, 2.45) is 5.73 Å². The van der Waals surface area contributed by atoms with Crippen molar-refractivity contribution in [2.45, 2.75) is 31.1 Å². The first kappa shape index (κ1) is 11.3. The molecule has 0 unspecified atom stereocenters. The lowest BCUT2D eigenvalue weighted by molar-refractivity contribution is 0.354. The van der Waals surface area contributed by atoms with Crippen molar-refractivity contribution in [3.63, 3.8) is 0 Å². The molecule has 0 aromatic heterocycles. The van der Waals surface area contributed by atoms with Gasteiger partial charge in [0.1, 0.15) is 0 Å². The Kier molecular flexibility index (Phi) is 3.06. The van der Waals surface area contributed by atoms with E-state index in [1.807, 2.05) is 12.1 Å². The summed E-state index contributed by atoms with van der Waals surface area (Å²) in [5.74, 6) is 0.801. The van der Waals surface area contributed by atoms with Gasteiger partial charge in [-0.3, -0.25) is 0 Å². The predicted octanol–water partition coefficient (Wildman–Crippen LogP) is 2.17. The zero-order valence-electron chi connectivity index (χ0n) is 9.70. The second-order valence-electron chi connectivity index (χ2n) is 4.55. The first-order valence-corrected chi connectivity index (χ1v) is 5.80. The minimum absolute atomic E-state index is 0.0430. The molecule has 0 aliphatic heterocycles. The highest BCUT2D eigenvalue weighted by Crippen LogP contribution is 2.46. The molecule has 0 bridgehead atoms. The molecule has 3 heteroatoms. The van der Waals surface area contributed by atoms with Gasteiger partial charge >= 0.3 is 0 Å². The quantitative estimate of drug-likeness (QED) is 0.822. The van der Waals surface area contributed by atoms with Crippen molar-refractivity contribution in [2.75, 3.05) is 13.7 Å². The molecule has 1 aliphatic rings. The molecule has 0 amide bonds. The summed E-state index contributed by atoms with van der Waals surface area (Å²) in [5.41, 5.74) is 6.82. The first-order valence-electron chi connectivity index (χ1n) is 5.80. The van der Waals surface area contributed by atoms with E-state index in [2.05, 4.69) is 0 Å². The number of benzene rings is 1. The average molecular weight is 221 g/mol. The van der Waals surface area contributed by atoms with Gasteiger partial charge in [0.15, 0.2) is 11.5 Å². The molecule has 0 heterocycles. The van der Waals surface area contributed by atoms with Crippen LogP contribution in [0.3, 0.4) is 0 Å². The Bertz CT molecular complexity index is 370. The van der Waals surface area contributed by atoms with E-state index in [1.54, 1.807) is 13.2 Å². The number of para-hydroxylation sites is 1. The van der Waals surface area contributed by atoms with Gasteiger partial charge in [-0.25, -0.2) is 0 Å². The zero-order chi connectivity index (χ0) is 11.6. The number of phenols is 1. The lowest BCUT2D eigenvalue weighted by atomic mass is 9.78. The molecule has 1 saturated carbocycles. The molecular formula is C13H19NO2. The molecule has 0 atom stereocenters. The van der Waals surface area contributed by atoms with Gasteiger partial charge in [-0.2, -0.15) is 0 Å².